The molecule has 2 aromatic rings. The van der Waals surface area contributed by atoms with Crippen molar-refractivity contribution in [3.05, 3.63) is 46.1 Å². The maximum Gasteiger partial charge on any atom is 0.340 e. The SMILES string of the molecule is O=C(COc1ccccc1CNCc1n[nH]c(=O)[nH]1)N1CCCCC1. The maximum atomic E-state index is 12.2. The lowest BCUT2D eigenvalue weighted by Crippen LogP contribution is -2.38. The van der Waals surface area contributed by atoms with Crippen LogP contribution in [0.3, 0.4) is 0 Å². The zero-order valence-electron chi connectivity index (χ0n) is 14.1. The molecular weight excluding hydrogens is 322 g/mol. The van der Waals surface area contributed by atoms with E-state index in [0.29, 0.717) is 24.7 Å². The lowest BCUT2D eigenvalue weighted by Gasteiger charge is -2.26. The molecule has 0 radical (unpaired) electrons. The summed E-state index contributed by atoms with van der Waals surface area (Å²) in [6.07, 6.45) is 3.34. The van der Waals surface area contributed by atoms with E-state index in [-0.39, 0.29) is 18.2 Å². The second-order valence-corrected chi connectivity index (χ2v) is 6.07. The van der Waals surface area contributed by atoms with Gasteiger partial charge in [0.2, 0.25) is 0 Å². The van der Waals surface area contributed by atoms with Crippen LogP contribution in [0.4, 0.5) is 0 Å². The molecule has 0 saturated carbocycles. The third kappa shape index (κ3) is 4.93. The standard InChI is InChI=1S/C17H23N5O3/c23-16(22-8-4-1-5-9-22)12-25-14-7-3-2-6-13(14)10-18-11-15-19-17(24)21-20-15/h2-3,6-7,18H,1,4-5,8-12H2,(H2,19,20,21,24). The van der Waals surface area contributed by atoms with E-state index in [2.05, 4.69) is 20.5 Å². The number of H-pyrrole nitrogens is 2. The summed E-state index contributed by atoms with van der Waals surface area (Å²) in [5, 5.41) is 9.36. The van der Waals surface area contributed by atoms with Crippen LogP contribution in [0.1, 0.15) is 30.7 Å². The summed E-state index contributed by atoms with van der Waals surface area (Å²) < 4.78 is 5.75. The summed E-state index contributed by atoms with van der Waals surface area (Å²) >= 11 is 0. The van der Waals surface area contributed by atoms with Crippen LogP contribution in [0, 0.1) is 0 Å². The van der Waals surface area contributed by atoms with Crippen molar-refractivity contribution < 1.29 is 9.53 Å². The molecule has 0 unspecified atom stereocenters. The van der Waals surface area contributed by atoms with Crippen LogP contribution in [0.25, 0.3) is 0 Å². The Morgan fingerprint density at radius 2 is 2.00 bits per heavy atom. The molecule has 0 aliphatic carbocycles. The molecule has 1 saturated heterocycles. The third-order valence-electron chi connectivity index (χ3n) is 4.19. The van der Waals surface area contributed by atoms with E-state index >= 15 is 0 Å². The molecule has 8 heteroatoms. The highest BCUT2D eigenvalue weighted by atomic mass is 16.5. The van der Waals surface area contributed by atoms with Gasteiger partial charge in [0.1, 0.15) is 11.6 Å². The molecular formula is C17H23N5O3. The number of piperidine rings is 1. The van der Waals surface area contributed by atoms with Crippen LogP contribution in [-0.4, -0.2) is 45.7 Å². The molecule has 25 heavy (non-hydrogen) atoms. The van der Waals surface area contributed by atoms with Gasteiger partial charge < -0.3 is 15.0 Å². The number of carbonyl (C=O) groups is 1. The predicted molar refractivity (Wildman–Crippen MR) is 92.1 cm³/mol. The average Bonchev–Trinajstić information content (AvgIpc) is 3.06. The number of aromatic amines is 2. The lowest BCUT2D eigenvalue weighted by molar-refractivity contribution is -0.134. The molecule has 2 heterocycles. The fourth-order valence-electron chi connectivity index (χ4n) is 2.87. The highest BCUT2D eigenvalue weighted by molar-refractivity contribution is 5.77. The molecule has 0 spiro atoms. The first-order valence-electron chi connectivity index (χ1n) is 8.55. The Bertz CT molecular complexity index is 748. The molecule has 1 aromatic heterocycles. The smallest absolute Gasteiger partial charge is 0.340 e. The summed E-state index contributed by atoms with van der Waals surface area (Å²) in [6, 6.07) is 7.61. The number of ether oxygens (including phenoxy) is 1. The van der Waals surface area contributed by atoms with E-state index in [1.165, 1.54) is 6.42 Å². The zero-order valence-corrected chi connectivity index (χ0v) is 14.1. The van der Waals surface area contributed by atoms with Crippen LogP contribution in [-0.2, 0) is 17.9 Å². The summed E-state index contributed by atoms with van der Waals surface area (Å²) in [5.41, 5.74) is 0.628. The van der Waals surface area contributed by atoms with E-state index in [0.717, 1.165) is 31.5 Å². The Hall–Kier alpha value is -2.61. The molecule has 1 aliphatic heterocycles. The molecule has 0 bridgehead atoms. The molecule has 8 nitrogen and oxygen atoms in total. The Morgan fingerprint density at radius 1 is 1.20 bits per heavy atom. The molecule has 134 valence electrons. The van der Waals surface area contributed by atoms with E-state index in [1.54, 1.807) is 0 Å². The number of rotatable bonds is 7. The van der Waals surface area contributed by atoms with Crippen LogP contribution in [0.2, 0.25) is 0 Å². The zero-order chi connectivity index (χ0) is 17.5. The van der Waals surface area contributed by atoms with Gasteiger partial charge in [0.25, 0.3) is 5.91 Å². The Kier molecular flexibility index (Phi) is 5.84. The first kappa shape index (κ1) is 17.2. The van der Waals surface area contributed by atoms with Gasteiger partial charge in [-0.2, -0.15) is 5.10 Å². The van der Waals surface area contributed by atoms with Gasteiger partial charge >= 0.3 is 5.69 Å². The minimum atomic E-state index is -0.322. The first-order chi connectivity index (χ1) is 12.2. The topological polar surface area (TPSA) is 103 Å². The van der Waals surface area contributed by atoms with Crippen molar-refractivity contribution in [3.63, 3.8) is 0 Å². The molecule has 1 fully saturated rings. The number of carbonyl (C=O) groups excluding carboxylic acids is 1. The van der Waals surface area contributed by atoms with Crippen molar-refractivity contribution in [1.29, 1.82) is 0 Å². The molecule has 1 aliphatic rings. The number of aromatic nitrogens is 3. The highest BCUT2D eigenvalue weighted by Gasteiger charge is 2.17. The minimum absolute atomic E-state index is 0.0385. The lowest BCUT2D eigenvalue weighted by atomic mass is 10.1. The first-order valence-corrected chi connectivity index (χ1v) is 8.55. The number of para-hydroxylation sites is 1. The van der Waals surface area contributed by atoms with Crippen LogP contribution in [0.15, 0.2) is 29.1 Å². The number of nitrogens with one attached hydrogen (secondary N) is 3. The molecule has 1 aromatic carbocycles. The van der Waals surface area contributed by atoms with Crippen molar-refractivity contribution in [2.45, 2.75) is 32.4 Å². The van der Waals surface area contributed by atoms with Crippen molar-refractivity contribution in [2.24, 2.45) is 0 Å². The number of benzene rings is 1. The number of likely N-dealkylation sites (tertiary alicyclic amines) is 1. The minimum Gasteiger partial charge on any atom is -0.483 e. The van der Waals surface area contributed by atoms with Gasteiger partial charge in [-0.15, -0.1) is 0 Å². The molecule has 3 N–H and O–H groups in total. The summed E-state index contributed by atoms with van der Waals surface area (Å²) in [4.78, 5) is 27.7. The van der Waals surface area contributed by atoms with Crippen molar-refractivity contribution >= 4 is 5.91 Å². The van der Waals surface area contributed by atoms with Gasteiger partial charge in [-0.25, -0.2) is 9.89 Å². The van der Waals surface area contributed by atoms with Gasteiger partial charge in [-0.1, -0.05) is 18.2 Å². The number of nitrogens with zero attached hydrogens (tertiary/aromatic N) is 2. The largest absolute Gasteiger partial charge is 0.483 e. The Balaban J connectivity index is 1.51. The van der Waals surface area contributed by atoms with E-state index in [9.17, 15) is 9.59 Å². The highest BCUT2D eigenvalue weighted by Crippen LogP contribution is 2.18. The normalized spacial score (nSPS) is 14.5. The van der Waals surface area contributed by atoms with Gasteiger partial charge in [0.15, 0.2) is 6.61 Å². The Labute approximate surface area is 145 Å². The summed E-state index contributed by atoms with van der Waals surface area (Å²) in [7, 11) is 0. The monoisotopic (exact) mass is 345 g/mol. The third-order valence-corrected chi connectivity index (χ3v) is 4.19. The second kappa shape index (κ2) is 8.48. The quantitative estimate of drug-likeness (QED) is 0.688. The Morgan fingerprint density at radius 3 is 2.76 bits per heavy atom. The molecule has 0 atom stereocenters. The van der Waals surface area contributed by atoms with E-state index in [4.69, 9.17) is 4.74 Å². The average molecular weight is 345 g/mol. The van der Waals surface area contributed by atoms with Gasteiger partial charge in [-0.3, -0.25) is 9.78 Å². The van der Waals surface area contributed by atoms with Crippen LogP contribution < -0.4 is 15.7 Å². The van der Waals surface area contributed by atoms with Gasteiger partial charge in [0, 0.05) is 25.2 Å². The van der Waals surface area contributed by atoms with Gasteiger partial charge in [-0.05, 0) is 25.3 Å². The predicted octanol–water partition coefficient (Wildman–Crippen LogP) is 0.779. The van der Waals surface area contributed by atoms with Crippen molar-refractivity contribution in [3.8, 4) is 5.75 Å². The van der Waals surface area contributed by atoms with Gasteiger partial charge in [0.05, 0.1) is 6.54 Å². The van der Waals surface area contributed by atoms with Crippen molar-refractivity contribution in [1.82, 2.24) is 25.4 Å². The number of hydrogen-bond acceptors (Lipinski definition) is 5. The van der Waals surface area contributed by atoms with E-state index < -0.39 is 0 Å². The summed E-state index contributed by atoms with van der Waals surface area (Å²) in [6.45, 7) is 2.69. The number of amides is 1. The fourth-order valence-corrected chi connectivity index (χ4v) is 2.87. The maximum absolute atomic E-state index is 12.2. The number of hydrogen-bond donors (Lipinski definition) is 3. The second-order valence-electron chi connectivity index (χ2n) is 6.07. The molecule has 1 amide bonds. The van der Waals surface area contributed by atoms with E-state index in [1.807, 2.05) is 29.2 Å². The summed E-state index contributed by atoms with van der Waals surface area (Å²) in [5.74, 6) is 1.27. The van der Waals surface area contributed by atoms with Crippen LogP contribution in [0.5, 0.6) is 5.75 Å². The van der Waals surface area contributed by atoms with Crippen molar-refractivity contribution in [2.75, 3.05) is 19.7 Å². The molecule has 3 rings (SSSR count). The van der Waals surface area contributed by atoms with Crippen LogP contribution >= 0.6 is 0 Å². The fraction of sp³-hybridized carbons (Fsp3) is 0.471.